The number of nitrogens with one attached hydrogen (secondary N) is 2. The molecule has 3 fully saturated rings. The summed E-state index contributed by atoms with van der Waals surface area (Å²) in [7, 11) is 1.81. The fraction of sp³-hybridized carbons (Fsp3) is 0.676. The summed E-state index contributed by atoms with van der Waals surface area (Å²) >= 11 is 0. The van der Waals surface area contributed by atoms with Crippen molar-refractivity contribution in [1.82, 2.24) is 14.8 Å². The third-order valence-electron chi connectivity index (χ3n) is 10.6. The molecule has 0 radical (unpaired) electrons. The lowest BCUT2D eigenvalue weighted by Gasteiger charge is -2.37. The zero-order valence-electron chi connectivity index (χ0n) is 29.2. The zero-order chi connectivity index (χ0) is 34.6. The minimum atomic E-state index is -0.696. The summed E-state index contributed by atoms with van der Waals surface area (Å²) < 4.78 is 26.4. The first kappa shape index (κ1) is 35.7. The maximum Gasteiger partial charge on any atom is 0.407 e. The van der Waals surface area contributed by atoms with Gasteiger partial charge >= 0.3 is 12.1 Å². The van der Waals surface area contributed by atoms with Gasteiger partial charge in [-0.1, -0.05) is 32.1 Å². The molecule has 3 amide bonds. The van der Waals surface area contributed by atoms with E-state index in [1.165, 1.54) is 6.42 Å². The van der Waals surface area contributed by atoms with Crippen LogP contribution in [0.15, 0.2) is 24.3 Å². The number of ether oxygens (including phenoxy) is 2. The molecule has 1 aromatic carbocycles. The molecule has 48 heavy (non-hydrogen) atoms. The number of hydrogen-bond acceptors (Lipinski definition) is 6. The number of likely N-dealkylation sites (tertiary alicyclic amines) is 1. The standard InChI is InChI=1S/C37H53FN4O6/c1-6-47-35(45)31-21-26-20-27(16-17-30(26)41(31)5)39-33(43)32-28(23-10-8-7-9-11-23)18-19-42(32)34(44)25-14-12-24(13-15-25)29(22-38)40-36(46)48-37(2,3)4/h16-17,20-21,23-25,28-29,32H,6-15,18-19,22H2,1-5H3,(H,39,43)(H,40,46)/t24?,25?,28-,29+,32-/m0/s1. The molecular weight excluding hydrogens is 615 g/mol. The lowest BCUT2D eigenvalue weighted by molar-refractivity contribution is -0.142. The van der Waals surface area contributed by atoms with Crippen molar-refractivity contribution < 1.29 is 33.0 Å². The molecule has 2 heterocycles. The Morgan fingerprint density at radius 2 is 1.69 bits per heavy atom. The number of carbonyl (C=O) groups is 4. The summed E-state index contributed by atoms with van der Waals surface area (Å²) in [5.74, 6) is -0.412. The fourth-order valence-electron chi connectivity index (χ4n) is 8.24. The van der Waals surface area contributed by atoms with Crippen LogP contribution in [-0.2, 0) is 26.1 Å². The highest BCUT2D eigenvalue weighted by molar-refractivity contribution is 6.01. The highest BCUT2D eigenvalue weighted by atomic mass is 19.1. The topological polar surface area (TPSA) is 119 Å². The Hall–Kier alpha value is -3.63. The van der Waals surface area contributed by atoms with E-state index in [0.717, 1.165) is 43.0 Å². The number of rotatable bonds is 9. The van der Waals surface area contributed by atoms with Crippen LogP contribution >= 0.6 is 0 Å². The lowest BCUT2D eigenvalue weighted by atomic mass is 9.76. The van der Waals surface area contributed by atoms with Crippen LogP contribution in [0.2, 0.25) is 0 Å². The van der Waals surface area contributed by atoms with Crippen LogP contribution in [0.5, 0.6) is 0 Å². The molecule has 11 heteroatoms. The first-order chi connectivity index (χ1) is 22.9. The normalized spacial score (nSPS) is 24.2. The number of anilines is 1. The minimum absolute atomic E-state index is 0.00130. The Kier molecular flexibility index (Phi) is 11.4. The van der Waals surface area contributed by atoms with Gasteiger partial charge in [-0.05, 0) is 102 Å². The molecule has 10 nitrogen and oxygen atoms in total. The summed E-state index contributed by atoms with van der Waals surface area (Å²) in [6.07, 6.45) is 8.21. The molecule has 1 saturated heterocycles. The Balaban J connectivity index is 1.29. The number of hydrogen-bond donors (Lipinski definition) is 2. The number of aromatic nitrogens is 1. The van der Waals surface area contributed by atoms with E-state index in [1.54, 1.807) is 38.3 Å². The number of alkyl carbamates (subject to hydrolysis) is 1. The third kappa shape index (κ3) is 8.14. The highest BCUT2D eigenvalue weighted by Gasteiger charge is 2.47. The van der Waals surface area contributed by atoms with Crippen LogP contribution in [0.1, 0.15) is 102 Å². The number of aryl methyl sites for hydroxylation is 1. The first-order valence-corrected chi connectivity index (χ1v) is 17.8. The number of halogens is 1. The largest absolute Gasteiger partial charge is 0.461 e. The van der Waals surface area contributed by atoms with Crippen LogP contribution in [0.4, 0.5) is 14.9 Å². The molecule has 0 bridgehead atoms. The van der Waals surface area contributed by atoms with Crippen LogP contribution in [-0.4, -0.2) is 70.9 Å². The summed E-state index contributed by atoms with van der Waals surface area (Å²) in [6, 6.07) is 6.12. The van der Waals surface area contributed by atoms with Crippen molar-refractivity contribution in [2.75, 3.05) is 25.1 Å². The number of nitrogens with zero attached hydrogens (tertiary/aromatic N) is 2. The second-order valence-corrected chi connectivity index (χ2v) is 14.9. The molecular formula is C37H53FN4O6. The van der Waals surface area contributed by atoms with Gasteiger partial charge in [-0.2, -0.15) is 0 Å². The summed E-state index contributed by atoms with van der Waals surface area (Å²) in [4.78, 5) is 54.9. The van der Waals surface area contributed by atoms with E-state index in [9.17, 15) is 23.6 Å². The predicted molar refractivity (Wildman–Crippen MR) is 182 cm³/mol. The van der Waals surface area contributed by atoms with E-state index in [1.807, 2.05) is 30.1 Å². The van der Waals surface area contributed by atoms with Gasteiger partial charge in [0.05, 0.1) is 12.6 Å². The van der Waals surface area contributed by atoms with Crippen molar-refractivity contribution in [2.24, 2.45) is 30.7 Å². The number of fused-ring (bicyclic) bond motifs is 1. The molecule has 1 aromatic heterocycles. The third-order valence-corrected chi connectivity index (χ3v) is 10.6. The molecule has 3 aliphatic rings. The van der Waals surface area contributed by atoms with Gasteiger partial charge in [-0.3, -0.25) is 9.59 Å². The van der Waals surface area contributed by atoms with Crippen molar-refractivity contribution >= 4 is 40.5 Å². The molecule has 2 saturated carbocycles. The van der Waals surface area contributed by atoms with E-state index in [4.69, 9.17) is 9.47 Å². The predicted octanol–water partition coefficient (Wildman–Crippen LogP) is 6.76. The van der Waals surface area contributed by atoms with Gasteiger partial charge in [0.2, 0.25) is 11.8 Å². The molecule has 2 N–H and O–H groups in total. The van der Waals surface area contributed by atoms with Gasteiger partial charge in [-0.15, -0.1) is 0 Å². The average Bonchev–Trinajstić information content (AvgIpc) is 3.65. The fourth-order valence-corrected chi connectivity index (χ4v) is 8.24. The van der Waals surface area contributed by atoms with Crippen molar-refractivity contribution in [3.8, 4) is 0 Å². The van der Waals surface area contributed by atoms with Gasteiger partial charge < -0.3 is 29.6 Å². The van der Waals surface area contributed by atoms with Crippen LogP contribution in [0.25, 0.3) is 10.9 Å². The van der Waals surface area contributed by atoms with Gasteiger partial charge in [0, 0.05) is 36.1 Å². The molecule has 5 rings (SSSR count). The molecule has 1 aliphatic heterocycles. The maximum atomic E-state index is 14.2. The molecule has 0 spiro atoms. The van der Waals surface area contributed by atoms with E-state index in [-0.39, 0.29) is 36.2 Å². The van der Waals surface area contributed by atoms with E-state index >= 15 is 0 Å². The molecule has 2 aliphatic carbocycles. The Bertz CT molecular complexity index is 1470. The minimum Gasteiger partial charge on any atom is -0.461 e. The summed E-state index contributed by atoms with van der Waals surface area (Å²) in [5, 5.41) is 6.64. The smallest absolute Gasteiger partial charge is 0.407 e. The summed E-state index contributed by atoms with van der Waals surface area (Å²) in [6.45, 7) is 7.21. The molecule has 3 atom stereocenters. The van der Waals surface area contributed by atoms with Gasteiger partial charge in [0.15, 0.2) is 0 Å². The van der Waals surface area contributed by atoms with Gasteiger partial charge in [0.25, 0.3) is 0 Å². The zero-order valence-corrected chi connectivity index (χ0v) is 29.2. The number of alkyl halides is 1. The van der Waals surface area contributed by atoms with Gasteiger partial charge in [0.1, 0.15) is 24.0 Å². The monoisotopic (exact) mass is 668 g/mol. The van der Waals surface area contributed by atoms with Crippen molar-refractivity contribution in [1.29, 1.82) is 0 Å². The van der Waals surface area contributed by atoms with E-state index in [0.29, 0.717) is 49.5 Å². The molecule has 0 unspecified atom stereocenters. The Labute approximate surface area is 283 Å². The average molecular weight is 669 g/mol. The Morgan fingerprint density at radius 1 is 0.979 bits per heavy atom. The Morgan fingerprint density at radius 3 is 2.33 bits per heavy atom. The van der Waals surface area contributed by atoms with Crippen LogP contribution in [0, 0.1) is 23.7 Å². The van der Waals surface area contributed by atoms with Gasteiger partial charge in [-0.25, -0.2) is 14.0 Å². The van der Waals surface area contributed by atoms with E-state index in [2.05, 4.69) is 10.6 Å². The number of benzene rings is 1. The number of carbonyl (C=O) groups excluding carboxylic acids is 4. The van der Waals surface area contributed by atoms with Crippen molar-refractivity contribution in [2.45, 2.75) is 110 Å². The summed E-state index contributed by atoms with van der Waals surface area (Å²) in [5.41, 5.74) is 1.23. The molecule has 264 valence electrons. The number of amides is 3. The quantitative estimate of drug-likeness (QED) is 0.285. The highest BCUT2D eigenvalue weighted by Crippen LogP contribution is 2.41. The van der Waals surface area contributed by atoms with Crippen molar-refractivity contribution in [3.05, 3.63) is 30.0 Å². The SMILES string of the molecule is CCOC(=O)c1cc2cc(NC(=O)[C@@H]3[C@H](C4CCCCC4)CCN3C(=O)C3CCC([C@@H](CF)NC(=O)OC(C)(C)C)CC3)ccc2n1C. The van der Waals surface area contributed by atoms with Crippen molar-refractivity contribution in [3.63, 3.8) is 0 Å². The second kappa shape index (κ2) is 15.3. The molecule has 2 aromatic rings. The first-order valence-electron chi connectivity index (χ1n) is 17.8. The number of esters is 1. The van der Waals surface area contributed by atoms with E-state index < -0.39 is 36.4 Å². The van der Waals surface area contributed by atoms with Crippen LogP contribution < -0.4 is 10.6 Å². The van der Waals surface area contributed by atoms with Crippen LogP contribution in [0.3, 0.4) is 0 Å². The maximum absolute atomic E-state index is 14.2. The second-order valence-electron chi connectivity index (χ2n) is 14.9. The lowest BCUT2D eigenvalue weighted by Crippen LogP contribution is -2.50.